The van der Waals surface area contributed by atoms with Crippen LogP contribution in [0, 0.1) is 13.8 Å². The number of nitrogens with zero attached hydrogens (tertiary/aromatic N) is 6. The van der Waals surface area contributed by atoms with Gasteiger partial charge in [-0.2, -0.15) is 10.2 Å². The van der Waals surface area contributed by atoms with E-state index in [4.69, 9.17) is 4.74 Å². The van der Waals surface area contributed by atoms with Crippen LogP contribution in [0.3, 0.4) is 0 Å². The molecule has 0 saturated carbocycles. The van der Waals surface area contributed by atoms with Gasteiger partial charge in [0, 0.05) is 45.1 Å². The largest absolute Gasteiger partial charge is 0.374 e. The van der Waals surface area contributed by atoms with Crippen molar-refractivity contribution in [1.82, 2.24) is 24.9 Å². The zero-order chi connectivity index (χ0) is 16.9. The van der Waals surface area contributed by atoms with Crippen LogP contribution in [0.1, 0.15) is 11.4 Å². The quantitative estimate of drug-likeness (QED) is 0.791. The molecule has 0 aliphatic carbocycles. The molecule has 1 fully saturated rings. The third kappa shape index (κ3) is 4.30. The molecule has 7 nitrogen and oxygen atoms in total. The minimum Gasteiger partial charge on any atom is -0.374 e. The number of likely N-dealkylation sites (N-methyl/N-ethyl adjacent to an activating group) is 1. The fraction of sp³-hybridized carbons (Fsp3) is 0.588. The van der Waals surface area contributed by atoms with Crippen molar-refractivity contribution in [3.8, 4) is 0 Å². The summed E-state index contributed by atoms with van der Waals surface area (Å²) in [6, 6.07) is 6.00. The van der Waals surface area contributed by atoms with Crippen molar-refractivity contribution in [3.05, 3.63) is 35.8 Å². The van der Waals surface area contributed by atoms with Crippen LogP contribution in [0.15, 0.2) is 24.4 Å². The van der Waals surface area contributed by atoms with Crippen molar-refractivity contribution < 1.29 is 4.74 Å². The monoisotopic (exact) mass is 330 g/mol. The Morgan fingerprint density at radius 3 is 2.92 bits per heavy atom. The molecule has 0 amide bonds. The third-order valence-electron chi connectivity index (χ3n) is 4.38. The van der Waals surface area contributed by atoms with Crippen LogP contribution >= 0.6 is 0 Å². The smallest absolute Gasteiger partial charge is 0.151 e. The van der Waals surface area contributed by atoms with Crippen LogP contribution in [0.5, 0.6) is 0 Å². The highest BCUT2D eigenvalue weighted by atomic mass is 16.5. The lowest BCUT2D eigenvalue weighted by molar-refractivity contribution is -0.0247. The molecule has 1 saturated heterocycles. The van der Waals surface area contributed by atoms with E-state index in [-0.39, 0.29) is 6.10 Å². The van der Waals surface area contributed by atoms with Gasteiger partial charge in [0.15, 0.2) is 5.82 Å². The van der Waals surface area contributed by atoms with Gasteiger partial charge in [-0.3, -0.25) is 9.58 Å². The molecule has 1 atom stereocenters. The number of aromatic nitrogens is 4. The second-order valence-electron chi connectivity index (χ2n) is 6.41. The molecule has 3 rings (SSSR count). The van der Waals surface area contributed by atoms with E-state index in [1.54, 1.807) is 6.20 Å². The fourth-order valence-corrected chi connectivity index (χ4v) is 3.13. The molecule has 1 unspecified atom stereocenters. The molecule has 2 aromatic heterocycles. The molecule has 3 heterocycles. The number of morpholine rings is 1. The van der Waals surface area contributed by atoms with Gasteiger partial charge in [-0.05, 0) is 32.0 Å². The van der Waals surface area contributed by atoms with Crippen molar-refractivity contribution in [2.45, 2.75) is 26.5 Å². The summed E-state index contributed by atoms with van der Waals surface area (Å²) in [6.45, 7) is 9.57. The van der Waals surface area contributed by atoms with E-state index in [1.165, 1.54) is 5.69 Å². The van der Waals surface area contributed by atoms with Crippen LogP contribution in [-0.4, -0.2) is 70.8 Å². The summed E-state index contributed by atoms with van der Waals surface area (Å²) in [5, 5.41) is 12.6. The Labute approximate surface area is 143 Å². The lowest BCUT2D eigenvalue weighted by atomic mass is 10.2. The highest BCUT2D eigenvalue weighted by molar-refractivity contribution is 5.35. The molecule has 0 aromatic carbocycles. The van der Waals surface area contributed by atoms with Crippen molar-refractivity contribution in [3.63, 3.8) is 0 Å². The summed E-state index contributed by atoms with van der Waals surface area (Å²) < 4.78 is 8.02. The van der Waals surface area contributed by atoms with Crippen LogP contribution in [0.4, 0.5) is 5.82 Å². The first kappa shape index (κ1) is 16.9. The van der Waals surface area contributed by atoms with Gasteiger partial charge >= 0.3 is 0 Å². The van der Waals surface area contributed by atoms with Gasteiger partial charge in [0.05, 0.1) is 24.9 Å². The van der Waals surface area contributed by atoms with E-state index in [0.29, 0.717) is 0 Å². The number of hydrogen-bond acceptors (Lipinski definition) is 6. The number of aryl methyl sites for hydroxylation is 2. The minimum atomic E-state index is 0.186. The molecule has 2 aromatic rings. The number of rotatable bonds is 6. The number of anilines is 1. The molecule has 130 valence electrons. The molecule has 0 bridgehead atoms. The second kappa shape index (κ2) is 7.72. The van der Waals surface area contributed by atoms with E-state index < -0.39 is 0 Å². The first-order chi connectivity index (χ1) is 11.6. The summed E-state index contributed by atoms with van der Waals surface area (Å²) in [7, 11) is 2.03. The molecule has 0 N–H and O–H groups in total. The van der Waals surface area contributed by atoms with E-state index >= 15 is 0 Å². The number of hydrogen-bond donors (Lipinski definition) is 0. The van der Waals surface area contributed by atoms with Crippen molar-refractivity contribution >= 4 is 5.82 Å². The highest BCUT2D eigenvalue weighted by Crippen LogP contribution is 2.11. The molecule has 1 aliphatic rings. The van der Waals surface area contributed by atoms with Gasteiger partial charge in [-0.15, -0.1) is 5.10 Å². The Balaban J connectivity index is 1.50. The second-order valence-corrected chi connectivity index (χ2v) is 6.41. The first-order valence-corrected chi connectivity index (χ1v) is 8.45. The van der Waals surface area contributed by atoms with Crippen LogP contribution in [0.25, 0.3) is 0 Å². The summed E-state index contributed by atoms with van der Waals surface area (Å²) >= 11 is 0. The molecule has 7 heteroatoms. The average molecular weight is 330 g/mol. The Bertz CT molecular complexity index is 644. The van der Waals surface area contributed by atoms with Gasteiger partial charge in [-0.1, -0.05) is 0 Å². The predicted octanol–water partition coefficient (Wildman–Crippen LogP) is 1.13. The van der Waals surface area contributed by atoms with Gasteiger partial charge in [-0.25, -0.2) is 0 Å². The third-order valence-corrected chi connectivity index (χ3v) is 4.38. The summed E-state index contributed by atoms with van der Waals surface area (Å²) in [4.78, 5) is 4.55. The van der Waals surface area contributed by atoms with Crippen molar-refractivity contribution in [1.29, 1.82) is 0 Å². The zero-order valence-corrected chi connectivity index (χ0v) is 14.7. The lowest BCUT2D eigenvalue weighted by Gasteiger charge is -2.35. The van der Waals surface area contributed by atoms with Gasteiger partial charge in [0.25, 0.3) is 0 Å². The van der Waals surface area contributed by atoms with Crippen LogP contribution in [0.2, 0.25) is 0 Å². The Kier molecular flexibility index (Phi) is 5.42. The maximum atomic E-state index is 5.93. The maximum Gasteiger partial charge on any atom is 0.151 e. The molecule has 0 spiro atoms. The first-order valence-electron chi connectivity index (χ1n) is 8.45. The topological polar surface area (TPSA) is 59.3 Å². The van der Waals surface area contributed by atoms with Gasteiger partial charge in [0.2, 0.25) is 0 Å². The van der Waals surface area contributed by atoms with E-state index in [9.17, 15) is 0 Å². The molecule has 1 aliphatic heterocycles. The van der Waals surface area contributed by atoms with E-state index in [2.05, 4.69) is 42.8 Å². The van der Waals surface area contributed by atoms with Gasteiger partial charge < -0.3 is 9.64 Å². The summed E-state index contributed by atoms with van der Waals surface area (Å²) in [5.41, 5.74) is 2.30. The fourth-order valence-electron chi connectivity index (χ4n) is 3.13. The Morgan fingerprint density at radius 1 is 1.33 bits per heavy atom. The summed E-state index contributed by atoms with van der Waals surface area (Å²) in [6.07, 6.45) is 1.88. The SMILES string of the molecule is Cc1cc(C)n(CCN2CCOC(CN(C)c3cccnn3)C2)n1. The lowest BCUT2D eigenvalue weighted by Crippen LogP contribution is -2.48. The highest BCUT2D eigenvalue weighted by Gasteiger charge is 2.22. The maximum absolute atomic E-state index is 5.93. The standard InChI is InChI=1S/C17H26N6O/c1-14-11-15(2)23(20-14)8-7-22-9-10-24-16(13-22)12-21(3)17-5-4-6-18-19-17/h4-6,11,16H,7-10,12-13H2,1-3H3. The zero-order valence-electron chi connectivity index (χ0n) is 14.7. The molecule has 24 heavy (non-hydrogen) atoms. The minimum absolute atomic E-state index is 0.186. The van der Waals surface area contributed by atoms with Crippen molar-refractivity contribution in [2.75, 3.05) is 44.7 Å². The van der Waals surface area contributed by atoms with Gasteiger partial charge in [0.1, 0.15) is 0 Å². The molecular formula is C17H26N6O. The van der Waals surface area contributed by atoms with Crippen LogP contribution < -0.4 is 4.90 Å². The average Bonchev–Trinajstić information content (AvgIpc) is 2.91. The number of ether oxygens (including phenoxy) is 1. The van der Waals surface area contributed by atoms with Crippen molar-refractivity contribution in [2.24, 2.45) is 0 Å². The van der Waals surface area contributed by atoms with Crippen LogP contribution in [-0.2, 0) is 11.3 Å². The summed E-state index contributed by atoms with van der Waals surface area (Å²) in [5.74, 6) is 0.876. The molecular weight excluding hydrogens is 304 g/mol. The normalized spacial score (nSPS) is 18.7. The van der Waals surface area contributed by atoms with E-state index in [1.807, 2.05) is 26.1 Å². The Morgan fingerprint density at radius 2 is 2.21 bits per heavy atom. The van der Waals surface area contributed by atoms with E-state index in [0.717, 1.165) is 50.8 Å². The molecule has 0 radical (unpaired) electrons. The predicted molar refractivity (Wildman–Crippen MR) is 93.2 cm³/mol. The Hall–Kier alpha value is -1.99.